The van der Waals surface area contributed by atoms with Gasteiger partial charge in [-0.2, -0.15) is 0 Å². The Labute approximate surface area is 139 Å². The summed E-state index contributed by atoms with van der Waals surface area (Å²) in [5.41, 5.74) is 0.949. The summed E-state index contributed by atoms with van der Waals surface area (Å²) in [6.45, 7) is 4.04. The lowest BCUT2D eigenvalue weighted by Gasteiger charge is -2.09. The van der Waals surface area contributed by atoms with Gasteiger partial charge in [-0.25, -0.2) is 4.98 Å². The largest absolute Gasteiger partial charge is 0.493 e. The number of carbonyl (C=O) groups is 1. The van der Waals surface area contributed by atoms with Crippen molar-refractivity contribution in [3.63, 3.8) is 0 Å². The quantitative estimate of drug-likeness (QED) is 0.792. The van der Waals surface area contributed by atoms with Crippen LogP contribution in [0.25, 0.3) is 12.2 Å². The first-order valence-corrected chi connectivity index (χ1v) is 7.77. The van der Waals surface area contributed by atoms with E-state index in [1.165, 1.54) is 11.3 Å². The molecule has 0 spiro atoms. The molecule has 1 aromatic carbocycles. The Morgan fingerprint density at radius 1 is 1.39 bits per heavy atom. The van der Waals surface area contributed by atoms with Crippen LogP contribution in [0, 0.1) is 0 Å². The standard InChI is InChI=1S/C17H18N2O3S/c1-4-9-22-13-7-5-12(10-14(13)21-3)6-8-16-19-11-15(23-16)17(20)18-2/h4-8,10-11H,1,9H2,2-3H3,(H,18,20). The van der Waals surface area contributed by atoms with Crippen molar-refractivity contribution in [1.82, 2.24) is 10.3 Å². The first-order valence-electron chi connectivity index (χ1n) is 6.95. The van der Waals surface area contributed by atoms with E-state index in [0.29, 0.717) is 23.0 Å². The monoisotopic (exact) mass is 330 g/mol. The van der Waals surface area contributed by atoms with E-state index < -0.39 is 0 Å². The zero-order valence-electron chi connectivity index (χ0n) is 13.0. The Morgan fingerprint density at radius 2 is 2.22 bits per heavy atom. The van der Waals surface area contributed by atoms with E-state index >= 15 is 0 Å². The highest BCUT2D eigenvalue weighted by Crippen LogP contribution is 2.29. The number of aromatic nitrogens is 1. The molecule has 0 saturated heterocycles. The lowest BCUT2D eigenvalue weighted by atomic mass is 10.2. The number of amides is 1. The molecule has 1 N–H and O–H groups in total. The molecule has 120 valence electrons. The van der Waals surface area contributed by atoms with Gasteiger partial charge in [0.05, 0.1) is 13.3 Å². The smallest absolute Gasteiger partial charge is 0.262 e. The number of methoxy groups -OCH3 is 1. The molecule has 0 atom stereocenters. The van der Waals surface area contributed by atoms with Gasteiger partial charge in [0.1, 0.15) is 16.5 Å². The van der Waals surface area contributed by atoms with Gasteiger partial charge in [0.25, 0.3) is 5.91 Å². The van der Waals surface area contributed by atoms with Gasteiger partial charge in [0.15, 0.2) is 11.5 Å². The molecule has 23 heavy (non-hydrogen) atoms. The lowest BCUT2D eigenvalue weighted by molar-refractivity contribution is 0.0967. The van der Waals surface area contributed by atoms with Gasteiger partial charge in [-0.3, -0.25) is 4.79 Å². The summed E-state index contributed by atoms with van der Waals surface area (Å²) in [6.07, 6.45) is 7.01. The second-order valence-corrected chi connectivity index (χ2v) is 5.55. The first kappa shape index (κ1) is 16.8. The van der Waals surface area contributed by atoms with Crippen molar-refractivity contribution < 1.29 is 14.3 Å². The summed E-state index contributed by atoms with van der Waals surface area (Å²) in [5.74, 6) is 1.19. The van der Waals surface area contributed by atoms with Gasteiger partial charge in [-0.15, -0.1) is 11.3 Å². The second kappa shape index (κ2) is 8.14. The predicted octanol–water partition coefficient (Wildman–Crippen LogP) is 3.25. The SMILES string of the molecule is C=CCOc1ccc(C=Cc2ncc(C(=O)NC)s2)cc1OC. The number of rotatable bonds is 7. The Kier molecular flexibility index (Phi) is 5.94. The fourth-order valence-electron chi connectivity index (χ4n) is 1.82. The highest BCUT2D eigenvalue weighted by molar-refractivity contribution is 7.14. The maximum absolute atomic E-state index is 11.5. The first-order chi connectivity index (χ1) is 11.2. The summed E-state index contributed by atoms with van der Waals surface area (Å²) in [6, 6.07) is 5.65. The van der Waals surface area contributed by atoms with Crippen LogP contribution in [0.15, 0.2) is 37.1 Å². The fourth-order valence-corrected chi connectivity index (χ4v) is 2.58. The molecule has 1 heterocycles. The molecule has 2 aromatic rings. The predicted molar refractivity (Wildman–Crippen MR) is 93.1 cm³/mol. The van der Waals surface area contributed by atoms with Crippen molar-refractivity contribution >= 4 is 29.4 Å². The molecule has 0 aliphatic rings. The van der Waals surface area contributed by atoms with Crippen molar-refractivity contribution in [1.29, 1.82) is 0 Å². The second-order valence-electron chi connectivity index (χ2n) is 4.49. The molecule has 0 fully saturated rings. The van der Waals surface area contributed by atoms with Crippen LogP contribution >= 0.6 is 11.3 Å². The minimum Gasteiger partial charge on any atom is -0.493 e. The van der Waals surface area contributed by atoms with Crippen LogP contribution in [0.1, 0.15) is 20.2 Å². The minimum atomic E-state index is -0.132. The summed E-state index contributed by atoms with van der Waals surface area (Å²) < 4.78 is 10.8. The summed E-state index contributed by atoms with van der Waals surface area (Å²) in [4.78, 5) is 16.3. The van der Waals surface area contributed by atoms with Crippen LogP contribution in [-0.4, -0.2) is 31.7 Å². The molecule has 5 nitrogen and oxygen atoms in total. The summed E-state index contributed by atoms with van der Waals surface area (Å²) in [5, 5.41) is 3.34. The molecule has 0 unspecified atom stereocenters. The molecule has 0 bridgehead atoms. The van der Waals surface area contributed by atoms with E-state index in [2.05, 4.69) is 16.9 Å². The van der Waals surface area contributed by atoms with Gasteiger partial charge in [-0.1, -0.05) is 24.8 Å². The summed E-state index contributed by atoms with van der Waals surface area (Å²) in [7, 11) is 3.19. The van der Waals surface area contributed by atoms with Gasteiger partial charge < -0.3 is 14.8 Å². The van der Waals surface area contributed by atoms with E-state index in [4.69, 9.17) is 9.47 Å². The highest BCUT2D eigenvalue weighted by Gasteiger charge is 2.07. The molecule has 0 saturated carbocycles. The third-order valence-corrected chi connectivity index (χ3v) is 3.90. The van der Waals surface area contributed by atoms with Crippen molar-refractivity contribution in [3.05, 3.63) is 52.5 Å². The number of carbonyl (C=O) groups excluding carboxylic acids is 1. The van der Waals surface area contributed by atoms with E-state index in [9.17, 15) is 4.79 Å². The Morgan fingerprint density at radius 3 is 2.91 bits per heavy atom. The molecule has 1 amide bonds. The number of hydrogen-bond acceptors (Lipinski definition) is 5. The van der Waals surface area contributed by atoms with Crippen molar-refractivity contribution in [2.45, 2.75) is 0 Å². The van der Waals surface area contributed by atoms with Crippen LogP contribution in [0.5, 0.6) is 11.5 Å². The van der Waals surface area contributed by atoms with Crippen molar-refractivity contribution in [2.24, 2.45) is 0 Å². The zero-order valence-corrected chi connectivity index (χ0v) is 13.9. The third-order valence-electron chi connectivity index (χ3n) is 2.94. The van der Waals surface area contributed by atoms with E-state index in [0.717, 1.165) is 10.6 Å². The topological polar surface area (TPSA) is 60.5 Å². The molecule has 0 radical (unpaired) electrons. The van der Waals surface area contributed by atoms with E-state index in [1.54, 1.807) is 26.4 Å². The number of benzene rings is 1. The van der Waals surface area contributed by atoms with Crippen LogP contribution < -0.4 is 14.8 Å². The van der Waals surface area contributed by atoms with Gasteiger partial charge in [-0.05, 0) is 23.8 Å². The third kappa shape index (κ3) is 4.43. The lowest BCUT2D eigenvalue weighted by Crippen LogP contribution is -2.16. The Hall–Kier alpha value is -2.60. The molecule has 2 rings (SSSR count). The van der Waals surface area contributed by atoms with Crippen LogP contribution in [0.3, 0.4) is 0 Å². The normalized spacial score (nSPS) is 10.5. The number of nitrogens with one attached hydrogen (secondary N) is 1. The Bertz CT molecular complexity index is 722. The Balaban J connectivity index is 2.14. The molecular formula is C17H18N2O3S. The molecule has 0 aliphatic carbocycles. The van der Waals surface area contributed by atoms with E-state index in [1.807, 2.05) is 30.4 Å². The van der Waals surface area contributed by atoms with Crippen LogP contribution in [0.4, 0.5) is 0 Å². The summed E-state index contributed by atoms with van der Waals surface area (Å²) >= 11 is 1.33. The number of thiazole rings is 1. The zero-order chi connectivity index (χ0) is 16.7. The molecule has 0 aliphatic heterocycles. The van der Waals surface area contributed by atoms with Crippen LogP contribution in [0.2, 0.25) is 0 Å². The molecule has 1 aromatic heterocycles. The maximum Gasteiger partial charge on any atom is 0.262 e. The van der Waals surface area contributed by atoms with Crippen molar-refractivity contribution in [3.8, 4) is 11.5 Å². The molecular weight excluding hydrogens is 312 g/mol. The average molecular weight is 330 g/mol. The van der Waals surface area contributed by atoms with Gasteiger partial charge in [0.2, 0.25) is 0 Å². The fraction of sp³-hybridized carbons (Fsp3) is 0.176. The highest BCUT2D eigenvalue weighted by atomic mass is 32.1. The number of ether oxygens (including phenoxy) is 2. The average Bonchev–Trinajstić information content (AvgIpc) is 3.06. The van der Waals surface area contributed by atoms with E-state index in [-0.39, 0.29) is 5.91 Å². The van der Waals surface area contributed by atoms with Gasteiger partial charge >= 0.3 is 0 Å². The van der Waals surface area contributed by atoms with Crippen molar-refractivity contribution in [2.75, 3.05) is 20.8 Å². The van der Waals surface area contributed by atoms with Crippen LogP contribution in [-0.2, 0) is 0 Å². The maximum atomic E-state index is 11.5. The minimum absolute atomic E-state index is 0.132. The molecule has 6 heteroatoms. The number of hydrogen-bond donors (Lipinski definition) is 1. The van der Waals surface area contributed by atoms with Gasteiger partial charge in [0, 0.05) is 7.05 Å². The number of nitrogens with zero attached hydrogens (tertiary/aromatic N) is 1.